The van der Waals surface area contributed by atoms with Gasteiger partial charge in [-0.3, -0.25) is 0 Å². The van der Waals surface area contributed by atoms with Crippen LogP contribution in [0.5, 0.6) is 5.88 Å². The number of nitrogens with two attached hydrogens (primary N) is 1. The number of ether oxygens (including phenoxy) is 1. The van der Waals surface area contributed by atoms with Crippen LogP contribution in [0.15, 0.2) is 30.5 Å². The summed E-state index contributed by atoms with van der Waals surface area (Å²) in [6.45, 7) is 1.52. The molecule has 0 bridgehead atoms. The van der Waals surface area contributed by atoms with E-state index in [1.807, 2.05) is 6.07 Å². The van der Waals surface area contributed by atoms with Crippen molar-refractivity contribution in [1.82, 2.24) is 9.97 Å². The largest absolute Gasteiger partial charge is 0.480 e. The Kier molecular flexibility index (Phi) is 5.82. The van der Waals surface area contributed by atoms with Crippen molar-refractivity contribution in [3.8, 4) is 11.9 Å². The minimum atomic E-state index is -4.12. The van der Waals surface area contributed by atoms with Crippen molar-refractivity contribution in [1.29, 1.82) is 5.26 Å². The summed E-state index contributed by atoms with van der Waals surface area (Å²) in [6.07, 6.45) is 1.37. The molecule has 3 rings (SSSR count). The van der Waals surface area contributed by atoms with E-state index in [0.29, 0.717) is 5.52 Å². The number of sulfonamides is 1. The number of methoxy groups -OCH3 is 1. The highest BCUT2D eigenvalue weighted by Crippen LogP contribution is 2.34. The summed E-state index contributed by atoms with van der Waals surface area (Å²) in [4.78, 5) is 8.30. The van der Waals surface area contributed by atoms with Gasteiger partial charge in [-0.25, -0.2) is 32.3 Å². The second-order valence-corrected chi connectivity index (χ2v) is 8.06. The van der Waals surface area contributed by atoms with Gasteiger partial charge in [0.1, 0.15) is 33.9 Å². The number of hydrogen-bond donors (Lipinski definition) is 2. The van der Waals surface area contributed by atoms with Crippen molar-refractivity contribution in [2.45, 2.75) is 18.6 Å². The van der Waals surface area contributed by atoms with Crippen LogP contribution in [0.2, 0.25) is 0 Å². The molecule has 30 heavy (non-hydrogen) atoms. The maximum Gasteiger partial charge on any atom is 0.232 e. The van der Waals surface area contributed by atoms with Crippen molar-refractivity contribution in [2.24, 2.45) is 5.14 Å². The van der Waals surface area contributed by atoms with Crippen LogP contribution in [0.3, 0.4) is 0 Å². The molecule has 1 unspecified atom stereocenters. The molecule has 8 nitrogen and oxygen atoms in total. The number of fused-ring (bicyclic) bond motifs is 1. The minimum Gasteiger partial charge on any atom is -0.480 e. The first-order valence-electron chi connectivity index (χ1n) is 8.71. The van der Waals surface area contributed by atoms with E-state index in [1.54, 1.807) is 0 Å². The number of nitrogens with one attached hydrogen (secondary N) is 1. The topological polar surface area (TPSA) is 131 Å². The molecule has 3 aromatic rings. The van der Waals surface area contributed by atoms with E-state index < -0.39 is 32.6 Å². The fourth-order valence-electron chi connectivity index (χ4n) is 3.07. The van der Waals surface area contributed by atoms with E-state index in [-0.39, 0.29) is 34.6 Å². The van der Waals surface area contributed by atoms with Gasteiger partial charge in [-0.1, -0.05) is 13.0 Å². The highest BCUT2D eigenvalue weighted by molar-refractivity contribution is 7.89. The molecule has 0 saturated heterocycles. The Hall–Kier alpha value is -3.36. The van der Waals surface area contributed by atoms with Crippen LogP contribution < -0.4 is 15.2 Å². The molecule has 0 radical (unpaired) electrons. The van der Waals surface area contributed by atoms with Crippen molar-refractivity contribution in [3.05, 3.63) is 53.2 Å². The van der Waals surface area contributed by atoms with E-state index in [1.165, 1.54) is 32.4 Å². The van der Waals surface area contributed by atoms with Crippen LogP contribution in [-0.2, 0) is 10.0 Å². The third-order valence-corrected chi connectivity index (χ3v) is 5.89. The van der Waals surface area contributed by atoms with Gasteiger partial charge in [0.05, 0.1) is 24.5 Å². The van der Waals surface area contributed by atoms with Crippen molar-refractivity contribution in [3.63, 3.8) is 0 Å². The maximum absolute atomic E-state index is 15.1. The maximum atomic E-state index is 15.1. The summed E-state index contributed by atoms with van der Waals surface area (Å²) >= 11 is 0. The first-order chi connectivity index (χ1) is 14.2. The van der Waals surface area contributed by atoms with Crippen LogP contribution in [0, 0.1) is 23.0 Å². The number of nitrogens with zero attached hydrogens (tertiary/aromatic N) is 3. The first kappa shape index (κ1) is 21.4. The van der Waals surface area contributed by atoms with Gasteiger partial charge in [-0.2, -0.15) is 5.26 Å². The fourth-order valence-corrected chi connectivity index (χ4v) is 4.07. The zero-order valence-electron chi connectivity index (χ0n) is 16.0. The molecular weight excluding hydrogens is 416 g/mol. The molecule has 1 aromatic heterocycles. The third-order valence-electron chi connectivity index (χ3n) is 4.51. The summed E-state index contributed by atoms with van der Waals surface area (Å²) in [7, 11) is -2.73. The number of aromatic nitrogens is 2. The lowest BCUT2D eigenvalue weighted by atomic mass is 10.1. The van der Waals surface area contributed by atoms with Crippen molar-refractivity contribution in [2.75, 3.05) is 12.4 Å². The molecule has 11 heteroatoms. The molecule has 0 fully saturated rings. The lowest BCUT2D eigenvalue weighted by molar-refractivity contribution is 0.397. The predicted molar refractivity (Wildman–Crippen MR) is 107 cm³/mol. The molecule has 1 heterocycles. The fraction of sp³-hybridized carbons (Fsp3) is 0.211. The van der Waals surface area contributed by atoms with E-state index >= 15 is 4.39 Å². The first-order valence-corrected chi connectivity index (χ1v) is 10.3. The zero-order chi connectivity index (χ0) is 22.1. The lowest BCUT2D eigenvalue weighted by Crippen LogP contribution is -2.22. The molecule has 0 spiro atoms. The number of benzene rings is 2. The van der Waals surface area contributed by atoms with Gasteiger partial charge in [0.25, 0.3) is 0 Å². The van der Waals surface area contributed by atoms with Crippen LogP contribution >= 0.6 is 0 Å². The van der Waals surface area contributed by atoms with Crippen LogP contribution in [0.25, 0.3) is 11.0 Å². The average molecular weight is 433 g/mol. The van der Waals surface area contributed by atoms with Gasteiger partial charge < -0.3 is 10.1 Å². The quantitative estimate of drug-likeness (QED) is 0.610. The highest BCUT2D eigenvalue weighted by atomic mass is 32.2. The summed E-state index contributed by atoms with van der Waals surface area (Å²) < 4.78 is 58.2. The summed E-state index contributed by atoms with van der Waals surface area (Å²) in [6, 6.07) is 6.85. The second-order valence-electron chi connectivity index (χ2n) is 6.32. The van der Waals surface area contributed by atoms with Crippen molar-refractivity contribution < 1.29 is 21.9 Å². The smallest absolute Gasteiger partial charge is 0.232 e. The van der Waals surface area contributed by atoms with E-state index in [0.717, 1.165) is 12.1 Å². The molecule has 1 atom stereocenters. The normalized spacial score (nSPS) is 12.4. The molecular formula is C19H17F2N5O3S. The zero-order valence-corrected chi connectivity index (χ0v) is 16.8. The predicted octanol–water partition coefficient (Wildman–Crippen LogP) is 3.27. The third kappa shape index (κ3) is 3.87. The Balaban J connectivity index is 2.16. The van der Waals surface area contributed by atoms with Gasteiger partial charge in [0, 0.05) is 5.56 Å². The second kappa shape index (κ2) is 8.17. The van der Waals surface area contributed by atoms with Gasteiger partial charge in [-0.15, -0.1) is 0 Å². The van der Waals surface area contributed by atoms with Gasteiger partial charge in [0.2, 0.25) is 15.9 Å². The summed E-state index contributed by atoms with van der Waals surface area (Å²) in [5.41, 5.74) is -0.277. The van der Waals surface area contributed by atoms with E-state index in [9.17, 15) is 18.1 Å². The minimum absolute atomic E-state index is 0.00434. The Morgan fingerprint density at radius 3 is 2.63 bits per heavy atom. The lowest BCUT2D eigenvalue weighted by Gasteiger charge is -2.18. The van der Waals surface area contributed by atoms with Crippen LogP contribution in [0.1, 0.15) is 29.7 Å². The molecule has 0 aliphatic carbocycles. The van der Waals surface area contributed by atoms with E-state index in [4.69, 9.17) is 9.88 Å². The molecule has 0 amide bonds. The molecule has 0 aliphatic heterocycles. The van der Waals surface area contributed by atoms with Gasteiger partial charge in [-0.05, 0) is 24.6 Å². The van der Waals surface area contributed by atoms with Crippen molar-refractivity contribution >= 4 is 32.4 Å². The van der Waals surface area contributed by atoms with Crippen LogP contribution in [-0.4, -0.2) is 25.5 Å². The Labute approximate surface area is 171 Å². The monoisotopic (exact) mass is 433 g/mol. The number of rotatable bonds is 6. The molecule has 2 aromatic carbocycles. The van der Waals surface area contributed by atoms with E-state index in [2.05, 4.69) is 15.3 Å². The summed E-state index contributed by atoms with van der Waals surface area (Å²) in [5.74, 6) is -1.92. The van der Waals surface area contributed by atoms with Crippen LogP contribution in [0.4, 0.5) is 20.2 Å². The number of anilines is 2. The Morgan fingerprint density at radius 2 is 2.03 bits per heavy atom. The number of hydrogen-bond acceptors (Lipinski definition) is 7. The molecule has 156 valence electrons. The Bertz CT molecular complexity index is 1280. The average Bonchev–Trinajstić information content (AvgIpc) is 2.71. The standard InChI is InChI=1S/C19H17F2N5O3S/c1-3-15(30(23,27)28)10-4-5-12(20)19(17(10)21)25-13-6-7-14-18(11(13)8-22)26-16(29-2)9-24-14/h4-7,9,15,25H,3H2,1-2H3,(H2,23,27,28). The number of primary sulfonamides is 1. The summed E-state index contributed by atoms with van der Waals surface area (Å²) in [5, 5.41) is 16.0. The SMILES string of the molecule is CCC(c1ccc(F)c(Nc2ccc3ncc(OC)nc3c2C#N)c1F)S(N)(=O)=O. The van der Waals surface area contributed by atoms with Gasteiger partial charge >= 0.3 is 0 Å². The van der Waals surface area contributed by atoms with Gasteiger partial charge in [0.15, 0.2) is 5.82 Å². The number of nitriles is 1. The molecule has 0 aliphatic rings. The molecule has 3 N–H and O–H groups in total. The Morgan fingerprint density at radius 1 is 1.30 bits per heavy atom. The molecule has 0 saturated carbocycles. The highest BCUT2D eigenvalue weighted by Gasteiger charge is 2.28. The number of halogens is 2.